The summed E-state index contributed by atoms with van der Waals surface area (Å²) >= 11 is 0. The minimum atomic E-state index is -1.54. The number of aliphatic hydroxyl groups excluding tert-OH is 10. The molecule has 0 aliphatic heterocycles. The number of likely N-dealkylation sites (N-methyl/N-ethyl adjacent to an activating group) is 4. The Balaban J connectivity index is -0.00000142. The van der Waals surface area contributed by atoms with Crippen molar-refractivity contribution in [2.45, 2.75) is 168 Å². The highest BCUT2D eigenvalue weighted by Gasteiger charge is 2.34. The predicted octanol–water partition coefficient (Wildman–Crippen LogP) is 3.13. The molecule has 2 rings (SSSR count). The van der Waals surface area contributed by atoms with Crippen molar-refractivity contribution in [1.29, 1.82) is 0 Å². The Bertz CT molecular complexity index is 1840. The molecule has 0 spiro atoms. The second kappa shape index (κ2) is 44.6. The van der Waals surface area contributed by atoms with Crippen LogP contribution in [0.3, 0.4) is 0 Å². The van der Waals surface area contributed by atoms with E-state index in [1.165, 1.54) is 69.7 Å². The van der Waals surface area contributed by atoms with Gasteiger partial charge in [0.2, 0.25) is 12.8 Å². The highest BCUT2D eigenvalue weighted by Crippen LogP contribution is 2.37. The van der Waals surface area contributed by atoms with Crippen molar-refractivity contribution in [3.63, 3.8) is 0 Å². The molecular weight excluding hydrogens is 1020 g/mol. The Morgan fingerprint density at radius 3 is 0.671 bits per heavy atom. The molecule has 10 N–H and O–H groups in total. The summed E-state index contributed by atoms with van der Waals surface area (Å²) in [6, 6.07) is 0. The summed E-state index contributed by atoms with van der Waals surface area (Å²) in [5.74, 6) is -2.75. The fourth-order valence-corrected chi connectivity index (χ4v) is 8.44. The van der Waals surface area contributed by atoms with Crippen LogP contribution in [0.1, 0.15) is 164 Å². The molecule has 22 heteroatoms. The van der Waals surface area contributed by atoms with Crippen LogP contribution in [0.25, 0.3) is 0 Å². The minimum absolute atomic E-state index is 0.0378. The minimum Gasteiger partial charge on any atom is -0.394 e. The smallest absolute Gasteiger partial charge is 0.254 e. The number of anilines is 2. The Labute approximate surface area is 472 Å². The van der Waals surface area contributed by atoms with Crippen molar-refractivity contribution in [2.24, 2.45) is 0 Å². The lowest BCUT2D eigenvalue weighted by molar-refractivity contribution is -0.108. The molecular formula is C57H106N6O16. The van der Waals surface area contributed by atoms with Gasteiger partial charge in [-0.1, -0.05) is 83.1 Å². The van der Waals surface area contributed by atoms with Crippen LogP contribution in [0.2, 0.25) is 0 Å². The number of rotatable bonds is 26. The molecule has 0 bridgehead atoms. The molecule has 0 radical (unpaired) electrons. The number of hydrogen-bond acceptors (Lipinski definition) is 16. The van der Waals surface area contributed by atoms with Crippen LogP contribution in [0.5, 0.6) is 0 Å². The zero-order chi connectivity index (χ0) is 63.4. The van der Waals surface area contributed by atoms with Crippen LogP contribution in [0.15, 0.2) is 0 Å². The summed E-state index contributed by atoms with van der Waals surface area (Å²) < 4.78 is 0. The monoisotopic (exact) mass is 1130 g/mol. The van der Waals surface area contributed by atoms with Gasteiger partial charge in [0.1, 0.15) is 0 Å². The molecule has 2 aromatic carbocycles. The summed E-state index contributed by atoms with van der Waals surface area (Å²) in [6.45, 7) is 28.2. The molecule has 0 aliphatic carbocycles. The van der Waals surface area contributed by atoms with Crippen molar-refractivity contribution in [3.05, 3.63) is 55.6 Å². The van der Waals surface area contributed by atoms with Crippen LogP contribution < -0.4 is 9.80 Å². The first-order valence-corrected chi connectivity index (χ1v) is 27.5. The highest BCUT2D eigenvalue weighted by molar-refractivity contribution is 6.08. The van der Waals surface area contributed by atoms with Crippen molar-refractivity contribution in [3.8, 4) is 0 Å². The first-order chi connectivity index (χ1) is 37.3. The van der Waals surface area contributed by atoms with Gasteiger partial charge in [0.15, 0.2) is 0 Å². The lowest BCUT2D eigenvalue weighted by Gasteiger charge is -2.32. The molecule has 2 aromatic rings. The van der Waals surface area contributed by atoms with Gasteiger partial charge in [0.25, 0.3) is 23.6 Å². The summed E-state index contributed by atoms with van der Waals surface area (Å²) in [7, 11) is 5.44. The Morgan fingerprint density at radius 2 is 0.519 bits per heavy atom. The number of carbonyl (C=O) groups is 6. The van der Waals surface area contributed by atoms with Crippen LogP contribution in [-0.2, 0) is 9.59 Å². The average Bonchev–Trinajstić information content (AvgIpc) is 3.44. The van der Waals surface area contributed by atoms with Crippen LogP contribution >= 0.6 is 0 Å². The van der Waals surface area contributed by atoms with E-state index >= 15 is 0 Å². The molecule has 22 nitrogen and oxygen atoms in total. The Hall–Kier alpha value is -5.14. The SMILES string of the molecule is CC.CC.CC.CC.CC.CC.Cc1c(C(=O)N(C)CC(O)CO)c(C)c(N(C=O)CC(O)CC(O)CN(C=O)c2c(C)c(C(=O)N(C)CC(O)CO)c(C)c(C(=O)N(C)CC(O)CO)c2C)c(C)c1C(=O)N(C)CC(O)CO. The number of aliphatic hydroxyl groups is 10. The van der Waals surface area contributed by atoms with Gasteiger partial charge in [-0.15, -0.1) is 0 Å². The first-order valence-electron chi connectivity index (χ1n) is 27.5. The third-order valence-electron chi connectivity index (χ3n) is 11.6. The molecule has 0 heterocycles. The van der Waals surface area contributed by atoms with E-state index < -0.39 is 106 Å². The fourth-order valence-electron chi connectivity index (χ4n) is 8.44. The second-order valence-corrected chi connectivity index (χ2v) is 17.1. The number of benzene rings is 2. The van der Waals surface area contributed by atoms with Crippen molar-refractivity contribution >= 4 is 47.8 Å². The molecule has 0 aromatic heterocycles. The Kier molecular flexibility index (Phi) is 46.7. The van der Waals surface area contributed by atoms with E-state index in [1.54, 1.807) is 0 Å². The van der Waals surface area contributed by atoms with Crippen molar-refractivity contribution < 1.29 is 79.8 Å². The molecule has 6 amide bonds. The number of amides is 6. The molecule has 6 unspecified atom stereocenters. The molecule has 460 valence electrons. The number of nitrogens with zero attached hydrogens (tertiary/aromatic N) is 6. The normalized spacial score (nSPS) is 12.4. The lowest BCUT2D eigenvalue weighted by Crippen LogP contribution is -2.41. The highest BCUT2D eigenvalue weighted by atomic mass is 16.3. The molecule has 0 aliphatic rings. The lowest BCUT2D eigenvalue weighted by atomic mass is 9.88. The zero-order valence-electron chi connectivity index (χ0n) is 52.0. The second-order valence-electron chi connectivity index (χ2n) is 17.1. The maximum Gasteiger partial charge on any atom is 0.254 e. The van der Waals surface area contributed by atoms with Crippen molar-refractivity contribution in [2.75, 3.05) is 104 Å². The maximum atomic E-state index is 14.0. The molecule has 0 saturated carbocycles. The first kappa shape index (κ1) is 82.7. The van der Waals surface area contributed by atoms with Gasteiger partial charge in [0.05, 0.1) is 87.5 Å². The van der Waals surface area contributed by atoms with Gasteiger partial charge in [-0.05, 0) is 74.9 Å². The van der Waals surface area contributed by atoms with E-state index in [-0.39, 0.29) is 93.2 Å². The average molecular weight is 1130 g/mol. The topological polar surface area (TPSA) is 324 Å². The van der Waals surface area contributed by atoms with E-state index in [1.807, 2.05) is 83.1 Å². The largest absolute Gasteiger partial charge is 0.394 e. The zero-order valence-corrected chi connectivity index (χ0v) is 52.0. The van der Waals surface area contributed by atoms with Crippen LogP contribution in [0.4, 0.5) is 11.4 Å². The summed E-state index contributed by atoms with van der Waals surface area (Å²) in [5, 5.41) is 101. The summed E-state index contributed by atoms with van der Waals surface area (Å²) in [6.07, 6.45) is -8.08. The van der Waals surface area contributed by atoms with E-state index in [0.29, 0.717) is 12.8 Å². The Morgan fingerprint density at radius 1 is 0.342 bits per heavy atom. The number of hydrogen-bond donors (Lipinski definition) is 10. The van der Waals surface area contributed by atoms with E-state index in [0.717, 1.165) is 29.4 Å². The van der Waals surface area contributed by atoms with Crippen molar-refractivity contribution in [1.82, 2.24) is 19.6 Å². The van der Waals surface area contributed by atoms with Crippen LogP contribution in [-0.4, -0.2) is 238 Å². The number of carbonyl (C=O) groups excluding carboxylic acids is 6. The fraction of sp³-hybridized carbons (Fsp3) is 0.684. The summed E-state index contributed by atoms with van der Waals surface area (Å²) in [4.78, 5) is 88.3. The van der Waals surface area contributed by atoms with Crippen LogP contribution in [0, 0.1) is 41.5 Å². The van der Waals surface area contributed by atoms with Gasteiger partial charge in [-0.2, -0.15) is 0 Å². The quantitative estimate of drug-likeness (QED) is 0.0605. The van der Waals surface area contributed by atoms with Gasteiger partial charge in [-0.3, -0.25) is 28.8 Å². The van der Waals surface area contributed by atoms with Gasteiger partial charge in [-0.25, -0.2) is 0 Å². The third-order valence-corrected chi connectivity index (χ3v) is 11.6. The van der Waals surface area contributed by atoms with Gasteiger partial charge >= 0.3 is 0 Å². The third kappa shape index (κ3) is 24.2. The van der Waals surface area contributed by atoms with Gasteiger partial charge in [0, 0.05) is 83.0 Å². The molecule has 6 atom stereocenters. The van der Waals surface area contributed by atoms with E-state index in [4.69, 9.17) is 0 Å². The molecule has 0 fully saturated rings. The molecule has 0 saturated heterocycles. The van der Waals surface area contributed by atoms with E-state index in [2.05, 4.69) is 0 Å². The standard InChI is InChI=1S/C45H70N6O16.6C2H6/c1-24-36(42(64)46(7)12-32(60)18-52)26(3)40(27(4)37(24)43(65)47(8)13-33(61)19-53)50(22-56)16-30(58)11-31(59)17-51(23-57)41-28(5)38(44(66)48(9)14-34(62)20-54)25(2)39(29(41)6)45(67)49(10)15-35(63)21-55;6*1-2/h22-23,30-35,52-55,58-63H,11-21H2,1-10H3;6*1-2H3. The van der Waals surface area contributed by atoms with E-state index in [9.17, 15) is 79.8 Å². The molecule has 79 heavy (non-hydrogen) atoms. The maximum absolute atomic E-state index is 14.0. The van der Waals surface area contributed by atoms with Gasteiger partial charge < -0.3 is 80.5 Å². The summed E-state index contributed by atoms with van der Waals surface area (Å²) in [5.41, 5.74) is 1.06. The predicted molar refractivity (Wildman–Crippen MR) is 313 cm³/mol.